The third-order valence-corrected chi connectivity index (χ3v) is 7.86. The Morgan fingerprint density at radius 1 is 0.567 bits per heavy atom. The van der Waals surface area contributed by atoms with E-state index in [9.17, 15) is 9.59 Å². The normalized spacial score (nSPS) is 19.0. The highest BCUT2D eigenvalue weighted by Gasteiger charge is 2.32. The molecule has 0 aromatic heterocycles. The second-order valence-corrected chi connectivity index (χ2v) is 10.9. The maximum absolute atomic E-state index is 12.3. The van der Waals surface area contributed by atoms with Gasteiger partial charge >= 0.3 is 0 Å². The van der Waals surface area contributed by atoms with Crippen molar-refractivity contribution in [1.29, 1.82) is 0 Å². The third kappa shape index (κ3) is 13.8. The zero-order valence-corrected chi connectivity index (χ0v) is 21.1. The molecule has 2 unspecified atom stereocenters. The van der Waals surface area contributed by atoms with Crippen LogP contribution in [0.15, 0.2) is 0 Å². The van der Waals surface area contributed by atoms with E-state index < -0.39 is 0 Å². The number of carbonyl (C=O) groups is 2. The Morgan fingerprint density at radius 3 is 1.33 bits per heavy atom. The summed E-state index contributed by atoms with van der Waals surface area (Å²) < 4.78 is 0. The molecule has 2 N–H and O–H groups in total. The Balaban J connectivity index is 2.02. The van der Waals surface area contributed by atoms with Gasteiger partial charge in [-0.2, -0.15) is 23.5 Å². The number of carbonyl (C=O) groups excluding carboxylic acids is 2. The molecular weight excluding hydrogens is 412 g/mol. The molecule has 2 amide bonds. The number of rotatable bonds is 20. The lowest BCUT2D eigenvalue weighted by atomic mass is 10.1. The van der Waals surface area contributed by atoms with Crippen molar-refractivity contribution in [3.63, 3.8) is 0 Å². The van der Waals surface area contributed by atoms with Crippen LogP contribution in [-0.4, -0.2) is 46.9 Å². The first-order valence-electron chi connectivity index (χ1n) is 12.4. The van der Waals surface area contributed by atoms with Crippen LogP contribution in [0.1, 0.15) is 104 Å². The van der Waals surface area contributed by atoms with Gasteiger partial charge in [-0.25, -0.2) is 0 Å². The van der Waals surface area contributed by atoms with Gasteiger partial charge in [0, 0.05) is 0 Å². The van der Waals surface area contributed by atoms with E-state index in [4.69, 9.17) is 0 Å². The highest BCUT2D eigenvalue weighted by molar-refractivity contribution is 7.99. The van der Waals surface area contributed by atoms with Crippen molar-refractivity contribution < 1.29 is 9.59 Å². The number of piperazine rings is 1. The monoisotopic (exact) mass is 458 g/mol. The van der Waals surface area contributed by atoms with Crippen LogP contribution in [0.5, 0.6) is 0 Å². The number of thioether (sulfide) groups is 2. The lowest BCUT2D eigenvalue weighted by Gasteiger charge is -2.29. The fourth-order valence-corrected chi connectivity index (χ4v) is 5.69. The maximum Gasteiger partial charge on any atom is 0.243 e. The molecule has 0 aromatic rings. The van der Waals surface area contributed by atoms with E-state index in [0.717, 1.165) is 35.9 Å². The molecule has 1 aliphatic heterocycles. The minimum atomic E-state index is -0.346. The predicted octanol–water partition coefficient (Wildman–Crippen LogP) is 5.94. The third-order valence-electron chi connectivity index (χ3n) is 5.65. The summed E-state index contributed by atoms with van der Waals surface area (Å²) in [6.45, 7) is 4.49. The minimum absolute atomic E-state index is 0.000639. The van der Waals surface area contributed by atoms with Gasteiger partial charge in [0.05, 0.1) is 0 Å². The number of nitrogens with one attached hydrogen (secondary N) is 2. The van der Waals surface area contributed by atoms with Gasteiger partial charge in [-0.1, -0.05) is 78.1 Å². The van der Waals surface area contributed by atoms with E-state index in [0.29, 0.717) is 0 Å². The quantitative estimate of drug-likeness (QED) is 0.222. The van der Waals surface area contributed by atoms with Gasteiger partial charge in [0.2, 0.25) is 11.8 Å². The van der Waals surface area contributed by atoms with E-state index in [1.807, 2.05) is 23.5 Å². The molecule has 1 heterocycles. The number of unbranched alkanes of at least 4 members (excludes halogenated alkanes) is 10. The molecule has 4 nitrogen and oxygen atoms in total. The van der Waals surface area contributed by atoms with Crippen LogP contribution in [0.4, 0.5) is 0 Å². The standard InChI is InChI=1S/C24H46N2O2S2/c1-3-5-7-9-11-13-17-29-19-15-21-23(27)26-22(24(28)25-21)16-20-30-18-14-12-10-8-6-4-2/h21-22H,3-20H2,1-2H3,(H,25,28)(H,26,27). The Hall–Kier alpha value is -0.360. The van der Waals surface area contributed by atoms with Gasteiger partial charge in [0.15, 0.2) is 0 Å². The molecule has 176 valence electrons. The Morgan fingerprint density at radius 2 is 0.933 bits per heavy atom. The van der Waals surface area contributed by atoms with E-state index in [2.05, 4.69) is 24.5 Å². The molecule has 0 aliphatic carbocycles. The van der Waals surface area contributed by atoms with Gasteiger partial charge in [0.1, 0.15) is 12.1 Å². The van der Waals surface area contributed by atoms with Crippen LogP contribution < -0.4 is 10.6 Å². The Bertz CT molecular complexity index is 409. The predicted molar refractivity (Wildman–Crippen MR) is 134 cm³/mol. The molecule has 0 bridgehead atoms. The molecule has 0 spiro atoms. The summed E-state index contributed by atoms with van der Waals surface area (Å²) in [7, 11) is 0. The fraction of sp³-hybridized carbons (Fsp3) is 0.917. The Kier molecular flexibility index (Phi) is 17.8. The lowest BCUT2D eigenvalue weighted by Crippen LogP contribution is -2.61. The lowest BCUT2D eigenvalue weighted by molar-refractivity contribution is -0.136. The van der Waals surface area contributed by atoms with E-state index in [1.54, 1.807) is 0 Å². The molecule has 0 aromatic carbocycles. The van der Waals surface area contributed by atoms with Gasteiger partial charge in [-0.3, -0.25) is 9.59 Å². The molecule has 30 heavy (non-hydrogen) atoms. The van der Waals surface area contributed by atoms with Crippen molar-refractivity contribution in [1.82, 2.24) is 10.6 Å². The summed E-state index contributed by atoms with van der Waals surface area (Å²) in [6.07, 6.45) is 17.3. The second kappa shape index (κ2) is 19.3. The summed E-state index contributed by atoms with van der Waals surface area (Å²) in [5.41, 5.74) is 0. The Labute approximate surface area is 194 Å². The molecule has 1 saturated heterocycles. The summed E-state index contributed by atoms with van der Waals surface area (Å²) in [5, 5.41) is 5.90. The zero-order valence-electron chi connectivity index (χ0n) is 19.5. The summed E-state index contributed by atoms with van der Waals surface area (Å²) in [5.74, 6) is 4.19. The first kappa shape index (κ1) is 27.7. The first-order chi connectivity index (χ1) is 14.7. The summed E-state index contributed by atoms with van der Waals surface area (Å²) >= 11 is 3.82. The molecule has 1 fully saturated rings. The van der Waals surface area contributed by atoms with Crippen LogP contribution >= 0.6 is 23.5 Å². The minimum Gasteiger partial charge on any atom is -0.342 e. The van der Waals surface area contributed by atoms with Crippen molar-refractivity contribution >= 4 is 35.3 Å². The average molecular weight is 459 g/mol. The molecule has 0 saturated carbocycles. The van der Waals surface area contributed by atoms with E-state index in [-0.39, 0.29) is 23.9 Å². The topological polar surface area (TPSA) is 58.2 Å². The smallest absolute Gasteiger partial charge is 0.243 e. The van der Waals surface area contributed by atoms with Crippen molar-refractivity contribution in [2.75, 3.05) is 23.0 Å². The average Bonchev–Trinajstić information content (AvgIpc) is 2.74. The largest absolute Gasteiger partial charge is 0.342 e. The van der Waals surface area contributed by atoms with Crippen LogP contribution in [-0.2, 0) is 9.59 Å². The number of hydrogen-bond acceptors (Lipinski definition) is 4. The molecule has 1 aliphatic rings. The maximum atomic E-state index is 12.3. The molecular formula is C24H46N2O2S2. The second-order valence-electron chi connectivity index (χ2n) is 8.46. The van der Waals surface area contributed by atoms with Crippen LogP contribution in [0.3, 0.4) is 0 Å². The number of hydrogen-bond donors (Lipinski definition) is 2. The van der Waals surface area contributed by atoms with E-state index in [1.165, 1.54) is 77.0 Å². The SMILES string of the molecule is CCCCCCCCSCCC1NC(=O)C(CCSCCCCCCCC)NC1=O. The van der Waals surface area contributed by atoms with Gasteiger partial charge < -0.3 is 10.6 Å². The zero-order chi connectivity index (χ0) is 21.9. The first-order valence-corrected chi connectivity index (χ1v) is 14.8. The van der Waals surface area contributed by atoms with Gasteiger partial charge in [-0.15, -0.1) is 0 Å². The van der Waals surface area contributed by atoms with E-state index >= 15 is 0 Å². The summed E-state index contributed by atoms with van der Waals surface area (Å²) in [4.78, 5) is 24.7. The molecule has 1 rings (SSSR count). The summed E-state index contributed by atoms with van der Waals surface area (Å²) in [6, 6.07) is -0.692. The van der Waals surface area contributed by atoms with Crippen LogP contribution in [0, 0.1) is 0 Å². The highest BCUT2D eigenvalue weighted by Crippen LogP contribution is 2.15. The number of amides is 2. The van der Waals surface area contributed by atoms with Gasteiger partial charge in [0.25, 0.3) is 0 Å². The van der Waals surface area contributed by atoms with Crippen LogP contribution in [0.2, 0.25) is 0 Å². The highest BCUT2D eigenvalue weighted by atomic mass is 32.2. The van der Waals surface area contributed by atoms with Gasteiger partial charge in [-0.05, 0) is 48.7 Å². The van der Waals surface area contributed by atoms with Crippen molar-refractivity contribution in [2.24, 2.45) is 0 Å². The molecule has 0 radical (unpaired) electrons. The van der Waals surface area contributed by atoms with Crippen molar-refractivity contribution in [3.05, 3.63) is 0 Å². The van der Waals surface area contributed by atoms with Crippen LogP contribution in [0.25, 0.3) is 0 Å². The fourth-order valence-electron chi connectivity index (χ4n) is 3.66. The molecule has 6 heteroatoms. The van der Waals surface area contributed by atoms with Crippen molar-refractivity contribution in [3.8, 4) is 0 Å². The van der Waals surface area contributed by atoms with Crippen molar-refractivity contribution in [2.45, 2.75) is 116 Å². The molecule has 2 atom stereocenters.